The summed E-state index contributed by atoms with van der Waals surface area (Å²) in [4.78, 5) is 25.5. The van der Waals surface area contributed by atoms with E-state index in [2.05, 4.69) is 21.2 Å². The summed E-state index contributed by atoms with van der Waals surface area (Å²) in [6.07, 6.45) is 2.39. The lowest BCUT2D eigenvalue weighted by atomic mass is 9.81. The summed E-state index contributed by atoms with van der Waals surface area (Å²) in [5.74, 6) is -1.13. The number of carbonyl (C=O) groups excluding carboxylic acids is 1. The Morgan fingerprint density at radius 3 is 2.96 bits per heavy atom. The molecule has 0 spiro atoms. The Kier molecular flexibility index (Phi) is 4.31. The highest BCUT2D eigenvalue weighted by atomic mass is 79.9. The first-order valence-corrected chi connectivity index (χ1v) is 8.42. The summed E-state index contributed by atoms with van der Waals surface area (Å²) in [7, 11) is 0. The summed E-state index contributed by atoms with van der Waals surface area (Å²) in [5.41, 5.74) is -0.137. The van der Waals surface area contributed by atoms with Crippen LogP contribution in [0.2, 0.25) is 0 Å². The van der Waals surface area contributed by atoms with E-state index in [-0.39, 0.29) is 30.9 Å². The van der Waals surface area contributed by atoms with Crippen LogP contribution in [0.4, 0.5) is 9.18 Å². The number of carbonyl (C=O) groups is 2. The van der Waals surface area contributed by atoms with Crippen LogP contribution in [0.15, 0.2) is 22.7 Å². The van der Waals surface area contributed by atoms with Crippen LogP contribution in [0.3, 0.4) is 0 Å². The van der Waals surface area contributed by atoms with Gasteiger partial charge in [-0.1, -0.05) is 22.4 Å². The van der Waals surface area contributed by atoms with Crippen molar-refractivity contribution in [3.63, 3.8) is 0 Å². The first-order chi connectivity index (χ1) is 10.9. The number of rotatable bonds is 3. The monoisotopic (exact) mass is 384 g/mol. The number of fused-ring (bicyclic) bond motifs is 1. The molecule has 0 radical (unpaired) electrons. The van der Waals surface area contributed by atoms with Crippen LogP contribution in [0.5, 0.6) is 0 Å². The van der Waals surface area contributed by atoms with Gasteiger partial charge in [-0.15, -0.1) is 0 Å². The van der Waals surface area contributed by atoms with Gasteiger partial charge in [0.15, 0.2) is 0 Å². The van der Waals surface area contributed by atoms with Crippen molar-refractivity contribution in [2.45, 2.75) is 25.8 Å². The molecule has 0 aromatic heterocycles. The molecule has 7 heteroatoms. The standard InChI is InChI=1S/C16H18BrFN2O3/c17-13-4-3-12(18)6-10(13)7-19-15(23)20-8-11-2-1-5-16(11,9-20)14(21)22/h3-4,6,11H,1-2,5,7-9H2,(H,19,23)(H,21,22)/t11-,16+/m0/s1. The summed E-state index contributed by atoms with van der Waals surface area (Å²) in [6, 6.07) is 4.00. The number of hydrogen-bond donors (Lipinski definition) is 2. The van der Waals surface area contributed by atoms with Gasteiger partial charge >= 0.3 is 12.0 Å². The predicted molar refractivity (Wildman–Crippen MR) is 85.3 cm³/mol. The highest BCUT2D eigenvalue weighted by molar-refractivity contribution is 9.10. The van der Waals surface area contributed by atoms with Gasteiger partial charge < -0.3 is 15.3 Å². The van der Waals surface area contributed by atoms with Gasteiger partial charge in [-0.3, -0.25) is 4.79 Å². The maximum Gasteiger partial charge on any atom is 0.317 e. The Bertz CT molecular complexity index is 654. The number of benzene rings is 1. The van der Waals surface area contributed by atoms with Gasteiger partial charge in [0, 0.05) is 24.1 Å². The van der Waals surface area contributed by atoms with E-state index in [4.69, 9.17) is 0 Å². The van der Waals surface area contributed by atoms with Crippen molar-refractivity contribution in [1.82, 2.24) is 10.2 Å². The molecule has 0 bridgehead atoms. The number of amides is 2. The number of carboxylic acid groups (broad SMARTS) is 1. The second kappa shape index (κ2) is 6.11. The lowest BCUT2D eigenvalue weighted by Gasteiger charge is -2.23. The minimum atomic E-state index is -0.803. The van der Waals surface area contributed by atoms with Gasteiger partial charge in [0.2, 0.25) is 0 Å². The molecule has 1 saturated carbocycles. The van der Waals surface area contributed by atoms with E-state index in [1.54, 1.807) is 11.0 Å². The molecule has 2 atom stereocenters. The quantitative estimate of drug-likeness (QED) is 0.841. The first-order valence-electron chi connectivity index (χ1n) is 7.62. The van der Waals surface area contributed by atoms with E-state index in [0.29, 0.717) is 18.5 Å². The summed E-state index contributed by atoms with van der Waals surface area (Å²) in [5, 5.41) is 12.3. The fraction of sp³-hybridized carbons (Fsp3) is 0.500. The fourth-order valence-corrected chi connectivity index (χ4v) is 4.14. The predicted octanol–water partition coefficient (Wildman–Crippen LogP) is 2.98. The number of likely N-dealkylation sites (tertiary alicyclic amines) is 1. The topological polar surface area (TPSA) is 69.6 Å². The Morgan fingerprint density at radius 1 is 1.48 bits per heavy atom. The average molecular weight is 385 g/mol. The molecule has 124 valence electrons. The van der Waals surface area contributed by atoms with Crippen molar-refractivity contribution in [2.75, 3.05) is 13.1 Å². The number of urea groups is 1. The molecule has 2 aliphatic rings. The SMILES string of the molecule is O=C(NCc1cc(F)ccc1Br)N1C[C@@H]2CCC[C@@]2(C(=O)O)C1. The highest BCUT2D eigenvalue weighted by Crippen LogP contribution is 2.48. The minimum absolute atomic E-state index is 0.0339. The van der Waals surface area contributed by atoms with E-state index < -0.39 is 11.4 Å². The molecular weight excluding hydrogens is 367 g/mol. The fourth-order valence-electron chi connectivity index (χ4n) is 3.75. The van der Waals surface area contributed by atoms with Crippen LogP contribution in [-0.2, 0) is 11.3 Å². The molecule has 1 aromatic rings. The number of halogens is 2. The number of carboxylic acids is 1. The van der Waals surface area contributed by atoms with Gasteiger partial charge in [0.1, 0.15) is 5.82 Å². The van der Waals surface area contributed by atoms with E-state index in [0.717, 1.165) is 17.3 Å². The second-order valence-corrected chi connectivity index (χ2v) is 7.18. The van der Waals surface area contributed by atoms with Crippen molar-refractivity contribution in [1.29, 1.82) is 0 Å². The molecule has 5 nitrogen and oxygen atoms in total. The van der Waals surface area contributed by atoms with Crippen molar-refractivity contribution >= 4 is 27.9 Å². The van der Waals surface area contributed by atoms with Crippen molar-refractivity contribution < 1.29 is 19.1 Å². The Morgan fingerprint density at radius 2 is 2.26 bits per heavy atom. The summed E-state index contributed by atoms with van der Waals surface area (Å²) in [6.45, 7) is 0.921. The van der Waals surface area contributed by atoms with Crippen molar-refractivity contribution in [3.05, 3.63) is 34.1 Å². The molecule has 2 amide bonds. The third kappa shape index (κ3) is 2.94. The molecular formula is C16H18BrFN2O3. The molecule has 1 aliphatic carbocycles. The third-order valence-corrected chi connectivity index (χ3v) is 5.80. The molecule has 1 heterocycles. The lowest BCUT2D eigenvalue weighted by Crippen LogP contribution is -2.41. The zero-order valence-corrected chi connectivity index (χ0v) is 14.1. The third-order valence-electron chi connectivity index (χ3n) is 5.02. The zero-order valence-electron chi connectivity index (χ0n) is 12.5. The zero-order chi connectivity index (χ0) is 16.6. The van der Waals surface area contributed by atoms with E-state index in [9.17, 15) is 19.1 Å². The number of nitrogens with one attached hydrogen (secondary N) is 1. The number of hydrogen-bond acceptors (Lipinski definition) is 2. The molecule has 23 heavy (non-hydrogen) atoms. The summed E-state index contributed by atoms with van der Waals surface area (Å²) >= 11 is 3.32. The molecule has 1 saturated heterocycles. The van der Waals surface area contributed by atoms with Gasteiger partial charge in [0.05, 0.1) is 5.41 Å². The van der Waals surface area contributed by atoms with Crippen LogP contribution in [-0.4, -0.2) is 35.1 Å². The van der Waals surface area contributed by atoms with Crippen molar-refractivity contribution in [3.8, 4) is 0 Å². The second-order valence-electron chi connectivity index (χ2n) is 6.33. The highest BCUT2D eigenvalue weighted by Gasteiger charge is 2.55. The van der Waals surface area contributed by atoms with Gasteiger partial charge in [0.25, 0.3) is 0 Å². The Balaban J connectivity index is 1.64. The van der Waals surface area contributed by atoms with E-state index in [1.165, 1.54) is 12.1 Å². The molecule has 1 aromatic carbocycles. The first kappa shape index (κ1) is 16.2. The Labute approximate surface area is 142 Å². The minimum Gasteiger partial charge on any atom is -0.481 e. The largest absolute Gasteiger partial charge is 0.481 e. The molecule has 1 aliphatic heterocycles. The normalized spacial score (nSPS) is 26.2. The van der Waals surface area contributed by atoms with Gasteiger partial charge in [-0.05, 0) is 42.5 Å². The van der Waals surface area contributed by atoms with Gasteiger partial charge in [-0.2, -0.15) is 0 Å². The Hall–Kier alpha value is -1.63. The maximum atomic E-state index is 13.3. The van der Waals surface area contributed by atoms with Crippen LogP contribution in [0.1, 0.15) is 24.8 Å². The lowest BCUT2D eigenvalue weighted by molar-refractivity contribution is -0.149. The smallest absolute Gasteiger partial charge is 0.317 e. The number of nitrogens with zero attached hydrogens (tertiary/aromatic N) is 1. The molecule has 0 unspecified atom stereocenters. The summed E-state index contributed by atoms with van der Waals surface area (Å²) < 4.78 is 14.0. The van der Waals surface area contributed by atoms with Crippen LogP contribution in [0, 0.1) is 17.2 Å². The molecule has 3 rings (SSSR count). The van der Waals surface area contributed by atoms with E-state index in [1.807, 2.05) is 0 Å². The van der Waals surface area contributed by atoms with Crippen LogP contribution < -0.4 is 5.32 Å². The average Bonchev–Trinajstić information content (AvgIpc) is 3.06. The van der Waals surface area contributed by atoms with Gasteiger partial charge in [-0.25, -0.2) is 9.18 Å². The maximum absolute atomic E-state index is 13.3. The van der Waals surface area contributed by atoms with Crippen LogP contribution in [0.25, 0.3) is 0 Å². The molecule has 2 N–H and O–H groups in total. The van der Waals surface area contributed by atoms with Crippen molar-refractivity contribution in [2.24, 2.45) is 11.3 Å². The number of aliphatic carboxylic acids is 1. The molecule has 2 fully saturated rings. The van der Waals surface area contributed by atoms with Crippen LogP contribution >= 0.6 is 15.9 Å². The van der Waals surface area contributed by atoms with E-state index >= 15 is 0 Å².